The zero-order chi connectivity index (χ0) is 22.5. The molecule has 0 fully saturated rings. The van der Waals surface area contributed by atoms with E-state index >= 15 is 0 Å². The van der Waals surface area contributed by atoms with Crippen LogP contribution in [0.2, 0.25) is 0 Å². The summed E-state index contributed by atoms with van der Waals surface area (Å²) < 4.78 is 11.6. The molecule has 0 unspecified atom stereocenters. The van der Waals surface area contributed by atoms with E-state index in [0.717, 1.165) is 21.2 Å². The number of ether oxygens (including phenoxy) is 2. The van der Waals surface area contributed by atoms with E-state index < -0.39 is 5.97 Å². The van der Waals surface area contributed by atoms with Gasteiger partial charge in [-0.05, 0) is 24.3 Å². The van der Waals surface area contributed by atoms with E-state index in [1.54, 1.807) is 30.6 Å². The van der Waals surface area contributed by atoms with Gasteiger partial charge in [0.1, 0.15) is 11.5 Å². The Morgan fingerprint density at radius 2 is 1.85 bits per heavy atom. The summed E-state index contributed by atoms with van der Waals surface area (Å²) in [5.41, 5.74) is 1.49. The number of hydrogen-bond donors (Lipinski definition) is 0. The van der Waals surface area contributed by atoms with Crippen molar-refractivity contribution >= 4 is 28.5 Å². The maximum absolute atomic E-state index is 11.1. The number of aromatic nitrogens is 1. The number of fused-ring (bicyclic) bond motifs is 1. The van der Waals surface area contributed by atoms with Gasteiger partial charge in [0.25, 0.3) is 0 Å². The molecule has 0 atom stereocenters. The van der Waals surface area contributed by atoms with E-state index in [9.17, 15) is 15.2 Å². The molecule has 3 aromatic carbocycles. The van der Waals surface area contributed by atoms with Crippen molar-refractivity contribution < 1.29 is 48.9 Å². The van der Waals surface area contributed by atoms with Crippen LogP contribution < -0.4 is 44.1 Å². The molecule has 158 valence electrons. The summed E-state index contributed by atoms with van der Waals surface area (Å²) in [5.74, 6) is 0.976. The standard InChI is InChI=1S/C25H18N2O4S.Na/c1-30-22-12-16(25(28)29)6-7-18(22)15-32-24-10-11-27-14-23(24)31-21-9-8-17(13-26)19-4-2-3-5-20(19)21;/h2-12,14H,15H2,1H3,(H,28,29);/q;+1/p-1. The third kappa shape index (κ3) is 5.49. The van der Waals surface area contributed by atoms with Gasteiger partial charge in [0.15, 0.2) is 5.75 Å². The van der Waals surface area contributed by atoms with Gasteiger partial charge in [-0.2, -0.15) is 5.26 Å². The molecule has 0 saturated carbocycles. The largest absolute Gasteiger partial charge is 1.00 e. The summed E-state index contributed by atoms with van der Waals surface area (Å²) in [6.07, 6.45) is 3.33. The first-order valence-electron chi connectivity index (χ1n) is 9.65. The number of pyridine rings is 1. The second-order valence-corrected chi connectivity index (χ2v) is 7.81. The van der Waals surface area contributed by atoms with E-state index in [1.807, 2.05) is 30.3 Å². The number of hydrogen-bond acceptors (Lipinski definition) is 7. The number of carbonyl (C=O) groups excluding carboxylic acids is 1. The molecule has 0 spiro atoms. The van der Waals surface area contributed by atoms with Crippen molar-refractivity contribution in [1.29, 1.82) is 5.26 Å². The number of thioether (sulfide) groups is 1. The molecule has 33 heavy (non-hydrogen) atoms. The normalized spacial score (nSPS) is 10.2. The summed E-state index contributed by atoms with van der Waals surface area (Å²) >= 11 is 1.52. The summed E-state index contributed by atoms with van der Waals surface area (Å²) in [4.78, 5) is 16.1. The van der Waals surface area contributed by atoms with Gasteiger partial charge in [-0.3, -0.25) is 4.98 Å². The molecule has 0 saturated heterocycles. The van der Waals surface area contributed by atoms with Crippen molar-refractivity contribution in [2.24, 2.45) is 0 Å². The second kappa shape index (κ2) is 11.2. The Bertz CT molecular complexity index is 1350. The van der Waals surface area contributed by atoms with Crippen LogP contribution in [0, 0.1) is 11.3 Å². The summed E-state index contributed by atoms with van der Waals surface area (Å²) in [7, 11) is 1.50. The molecule has 4 rings (SSSR count). The fourth-order valence-electron chi connectivity index (χ4n) is 3.29. The first-order valence-corrected chi connectivity index (χ1v) is 10.6. The van der Waals surface area contributed by atoms with Gasteiger partial charge >= 0.3 is 29.6 Å². The Kier molecular flexibility index (Phi) is 8.37. The average Bonchev–Trinajstić information content (AvgIpc) is 2.83. The fourth-order valence-corrected chi connectivity index (χ4v) is 4.23. The number of carboxylic acid groups (broad SMARTS) is 1. The Balaban J connectivity index is 0.00000306. The predicted molar refractivity (Wildman–Crippen MR) is 120 cm³/mol. The van der Waals surface area contributed by atoms with Gasteiger partial charge in [-0.1, -0.05) is 36.4 Å². The number of aromatic carboxylic acids is 1. The van der Waals surface area contributed by atoms with Gasteiger partial charge in [0, 0.05) is 33.8 Å². The van der Waals surface area contributed by atoms with Crippen molar-refractivity contribution in [3.05, 3.63) is 89.7 Å². The van der Waals surface area contributed by atoms with Gasteiger partial charge < -0.3 is 19.4 Å². The van der Waals surface area contributed by atoms with Crippen molar-refractivity contribution in [2.75, 3.05) is 7.11 Å². The number of benzene rings is 3. The Morgan fingerprint density at radius 3 is 2.58 bits per heavy atom. The Labute approximate surface area is 217 Å². The van der Waals surface area contributed by atoms with Crippen LogP contribution in [-0.4, -0.2) is 18.1 Å². The van der Waals surface area contributed by atoms with Crippen molar-refractivity contribution in [3.63, 3.8) is 0 Å². The van der Waals surface area contributed by atoms with Gasteiger partial charge in [0.05, 0.1) is 35.8 Å². The smallest absolute Gasteiger partial charge is 0.545 e. The second-order valence-electron chi connectivity index (χ2n) is 6.80. The molecule has 0 aliphatic heterocycles. The molecular formula is C25H17N2NaO4S. The van der Waals surface area contributed by atoms with Gasteiger partial charge in [0.2, 0.25) is 0 Å². The van der Waals surface area contributed by atoms with E-state index in [4.69, 9.17) is 9.47 Å². The van der Waals surface area contributed by atoms with Crippen molar-refractivity contribution in [3.8, 4) is 23.3 Å². The van der Waals surface area contributed by atoms with E-state index in [-0.39, 0.29) is 35.1 Å². The third-order valence-electron chi connectivity index (χ3n) is 4.88. The summed E-state index contributed by atoms with van der Waals surface area (Å²) in [6.45, 7) is 0. The molecule has 8 heteroatoms. The van der Waals surface area contributed by atoms with Gasteiger partial charge in [-0.25, -0.2) is 0 Å². The van der Waals surface area contributed by atoms with E-state index in [0.29, 0.717) is 28.6 Å². The number of carbonyl (C=O) groups is 1. The molecule has 1 heterocycles. The quantitative estimate of drug-likeness (QED) is 0.303. The molecule has 0 aliphatic rings. The maximum atomic E-state index is 11.1. The number of rotatable bonds is 7. The zero-order valence-corrected chi connectivity index (χ0v) is 20.9. The number of nitriles is 1. The molecule has 0 radical (unpaired) electrons. The predicted octanol–water partition coefficient (Wildman–Crippen LogP) is 1.57. The van der Waals surface area contributed by atoms with Crippen molar-refractivity contribution in [1.82, 2.24) is 4.98 Å². The molecule has 0 amide bonds. The number of methoxy groups -OCH3 is 1. The van der Waals surface area contributed by atoms with Crippen LogP contribution in [0.5, 0.6) is 17.2 Å². The zero-order valence-electron chi connectivity index (χ0n) is 18.1. The number of carboxylic acids is 1. The first kappa shape index (κ1) is 24.6. The van der Waals surface area contributed by atoms with Crippen LogP contribution in [0.1, 0.15) is 21.5 Å². The molecular weight excluding hydrogens is 447 g/mol. The van der Waals surface area contributed by atoms with E-state index in [1.165, 1.54) is 31.0 Å². The maximum Gasteiger partial charge on any atom is 1.00 e. The SMILES string of the molecule is COc1cc(C(=O)[O-])ccc1CSc1ccncc1Oc1ccc(C#N)c2ccccc12.[Na+]. The molecule has 0 aliphatic carbocycles. The van der Waals surface area contributed by atoms with Crippen LogP contribution in [-0.2, 0) is 5.75 Å². The Hall–Kier alpha value is -3.02. The van der Waals surface area contributed by atoms with Crippen LogP contribution >= 0.6 is 11.8 Å². The summed E-state index contributed by atoms with van der Waals surface area (Å²) in [5, 5.41) is 22.1. The minimum atomic E-state index is -1.25. The summed E-state index contributed by atoms with van der Waals surface area (Å²) in [6, 6.07) is 19.9. The van der Waals surface area contributed by atoms with Crippen LogP contribution in [0.4, 0.5) is 0 Å². The minimum absolute atomic E-state index is 0. The molecule has 1 aromatic heterocycles. The van der Waals surface area contributed by atoms with Crippen LogP contribution in [0.25, 0.3) is 10.8 Å². The van der Waals surface area contributed by atoms with Crippen LogP contribution in [0.15, 0.2) is 78.0 Å². The number of nitrogens with zero attached hydrogens (tertiary/aromatic N) is 2. The monoisotopic (exact) mass is 464 g/mol. The molecule has 0 N–H and O–H groups in total. The Morgan fingerprint density at radius 1 is 1.06 bits per heavy atom. The molecule has 6 nitrogen and oxygen atoms in total. The molecule has 0 bridgehead atoms. The average molecular weight is 464 g/mol. The van der Waals surface area contributed by atoms with Crippen molar-refractivity contribution in [2.45, 2.75) is 10.6 Å². The third-order valence-corrected chi connectivity index (χ3v) is 5.98. The van der Waals surface area contributed by atoms with Crippen LogP contribution in [0.3, 0.4) is 0 Å². The minimum Gasteiger partial charge on any atom is -0.545 e. The molecule has 4 aromatic rings. The topological polar surface area (TPSA) is 95.3 Å². The van der Waals surface area contributed by atoms with E-state index in [2.05, 4.69) is 11.1 Å². The fraction of sp³-hybridized carbons (Fsp3) is 0.0800. The first-order chi connectivity index (χ1) is 15.6. The van der Waals surface area contributed by atoms with Gasteiger partial charge in [-0.15, -0.1) is 11.8 Å².